The van der Waals surface area contributed by atoms with E-state index in [1.165, 1.54) is 0 Å². The molecule has 0 spiro atoms. The van der Waals surface area contributed by atoms with E-state index >= 15 is 0 Å². The molecular weight excluding hydrogens is 176 g/mol. The second-order valence-corrected chi connectivity index (χ2v) is 3.08. The first-order chi connectivity index (χ1) is 7.22. The molecule has 3 heteroatoms. The van der Waals surface area contributed by atoms with Crippen LogP contribution in [0.15, 0.2) is 29.1 Å². The highest BCUT2D eigenvalue weighted by molar-refractivity contribution is 5.77. The maximum Gasteiger partial charge on any atom is 0.258 e. The average molecular weight is 189 g/mol. The summed E-state index contributed by atoms with van der Waals surface area (Å²) in [4.78, 5) is 18.6. The topological polar surface area (TPSA) is 45.8 Å². The van der Waals surface area contributed by atoms with E-state index in [1.807, 2.05) is 13.0 Å². The van der Waals surface area contributed by atoms with E-state index < -0.39 is 6.40 Å². The van der Waals surface area contributed by atoms with Crippen LogP contribution in [0, 0.1) is 0 Å². The van der Waals surface area contributed by atoms with Crippen molar-refractivity contribution in [1.82, 2.24) is 9.97 Å². The van der Waals surface area contributed by atoms with Crippen LogP contribution in [0.1, 0.15) is 20.5 Å². The molecule has 0 aliphatic rings. The van der Waals surface area contributed by atoms with Gasteiger partial charge in [-0.15, -0.1) is 0 Å². The molecule has 1 unspecified atom stereocenters. The van der Waals surface area contributed by atoms with Crippen LogP contribution in [0.4, 0.5) is 0 Å². The van der Waals surface area contributed by atoms with Gasteiger partial charge in [-0.1, -0.05) is 19.1 Å². The van der Waals surface area contributed by atoms with Crippen molar-refractivity contribution in [3.63, 3.8) is 0 Å². The van der Waals surface area contributed by atoms with Crippen LogP contribution in [-0.4, -0.2) is 9.97 Å². The third-order valence-corrected chi connectivity index (χ3v) is 2.03. The fourth-order valence-electron chi connectivity index (χ4n) is 1.39. The predicted molar refractivity (Wildman–Crippen MR) is 56.4 cm³/mol. The number of hydrogen-bond donors (Lipinski definition) is 1. The van der Waals surface area contributed by atoms with Gasteiger partial charge in [0.1, 0.15) is 5.82 Å². The van der Waals surface area contributed by atoms with Gasteiger partial charge >= 0.3 is 0 Å². The van der Waals surface area contributed by atoms with Gasteiger partial charge in [0.2, 0.25) is 0 Å². The second kappa shape index (κ2) is 3.62. The minimum Gasteiger partial charge on any atom is -0.310 e. The summed E-state index contributed by atoms with van der Waals surface area (Å²) in [6.45, 7) is 1.90. The Morgan fingerprint density at radius 3 is 3.07 bits per heavy atom. The van der Waals surface area contributed by atoms with E-state index in [0.29, 0.717) is 23.1 Å². The molecule has 1 N–H and O–H groups in total. The highest BCUT2D eigenvalue weighted by Crippen LogP contribution is 2.06. The summed E-state index contributed by atoms with van der Waals surface area (Å²) in [7, 11) is 0. The summed E-state index contributed by atoms with van der Waals surface area (Å²) in [6, 6.07) is 7.16. The van der Waals surface area contributed by atoms with Gasteiger partial charge in [0.25, 0.3) is 5.56 Å². The number of fused-ring (bicyclic) bond motifs is 1. The summed E-state index contributed by atoms with van der Waals surface area (Å²) in [6.07, 6.45) is 0.184. The molecule has 1 atom stereocenters. The molecule has 3 nitrogen and oxygen atoms in total. The number of benzene rings is 1. The van der Waals surface area contributed by atoms with Crippen molar-refractivity contribution in [1.29, 1.82) is 0 Å². The lowest BCUT2D eigenvalue weighted by Crippen LogP contribution is -2.11. The minimum absolute atomic E-state index is 0.165. The molecule has 0 saturated heterocycles. The largest absolute Gasteiger partial charge is 0.310 e. The minimum atomic E-state index is -0.456. The smallest absolute Gasteiger partial charge is 0.258 e. The molecule has 0 amide bonds. The maximum absolute atomic E-state index is 11.6. The van der Waals surface area contributed by atoms with Crippen LogP contribution >= 0.6 is 0 Å². The van der Waals surface area contributed by atoms with Gasteiger partial charge in [-0.25, -0.2) is 4.98 Å². The number of aromatic nitrogens is 2. The molecule has 1 heterocycles. The standard InChI is InChI=1S/C11H12N2O/c1-2-5-10-12-9-7-4-3-6-8(9)11(14)13-10/h3-4,6-7H,2,5H2,1H3,(H,12,13,14)/i5D. The Bertz CT molecular complexity index is 535. The summed E-state index contributed by atoms with van der Waals surface area (Å²) in [5.74, 6) is 0.446. The fraction of sp³-hybridized carbons (Fsp3) is 0.273. The zero-order valence-electron chi connectivity index (χ0n) is 8.95. The monoisotopic (exact) mass is 189 g/mol. The van der Waals surface area contributed by atoms with Crippen molar-refractivity contribution >= 4 is 10.9 Å². The molecule has 14 heavy (non-hydrogen) atoms. The lowest BCUT2D eigenvalue weighted by atomic mass is 10.2. The van der Waals surface area contributed by atoms with E-state index in [1.54, 1.807) is 18.2 Å². The molecule has 0 bridgehead atoms. The first-order valence-electron chi connectivity index (χ1n) is 5.21. The van der Waals surface area contributed by atoms with Crippen molar-refractivity contribution in [3.05, 3.63) is 40.4 Å². The highest BCUT2D eigenvalue weighted by Gasteiger charge is 2.01. The van der Waals surface area contributed by atoms with Crippen molar-refractivity contribution in [3.8, 4) is 0 Å². The van der Waals surface area contributed by atoms with Crippen molar-refractivity contribution in [2.24, 2.45) is 0 Å². The van der Waals surface area contributed by atoms with Gasteiger partial charge in [0, 0.05) is 7.77 Å². The third-order valence-electron chi connectivity index (χ3n) is 2.03. The molecule has 72 valence electrons. The van der Waals surface area contributed by atoms with Gasteiger partial charge < -0.3 is 4.98 Å². The number of hydrogen-bond acceptors (Lipinski definition) is 2. The Hall–Kier alpha value is -1.64. The summed E-state index contributed by atoms with van der Waals surface area (Å²) in [5.41, 5.74) is 0.489. The molecule has 0 saturated carbocycles. The second-order valence-electron chi connectivity index (χ2n) is 3.08. The normalized spacial score (nSPS) is 13.9. The zero-order chi connectivity index (χ0) is 10.8. The first kappa shape index (κ1) is 7.74. The van der Waals surface area contributed by atoms with Crippen LogP contribution < -0.4 is 5.56 Å². The molecule has 1 aromatic carbocycles. The Labute approximate surface area is 83.2 Å². The van der Waals surface area contributed by atoms with Crippen molar-refractivity contribution in [2.45, 2.75) is 19.7 Å². The fourth-order valence-corrected chi connectivity index (χ4v) is 1.39. The molecule has 0 aliphatic heterocycles. The zero-order valence-corrected chi connectivity index (χ0v) is 7.95. The van der Waals surface area contributed by atoms with Crippen LogP contribution in [0.2, 0.25) is 0 Å². The highest BCUT2D eigenvalue weighted by atomic mass is 16.1. The predicted octanol–water partition coefficient (Wildman–Crippen LogP) is 1.88. The maximum atomic E-state index is 11.6. The summed E-state index contributed by atoms with van der Waals surface area (Å²) < 4.78 is 7.70. The van der Waals surface area contributed by atoms with Crippen molar-refractivity contribution in [2.75, 3.05) is 0 Å². The van der Waals surface area contributed by atoms with Crippen molar-refractivity contribution < 1.29 is 1.37 Å². The van der Waals surface area contributed by atoms with Gasteiger partial charge in [0.05, 0.1) is 10.9 Å². The quantitative estimate of drug-likeness (QED) is 0.784. The molecule has 1 aromatic heterocycles. The van der Waals surface area contributed by atoms with Crippen LogP contribution in [0.3, 0.4) is 0 Å². The first-order valence-corrected chi connectivity index (χ1v) is 4.63. The van der Waals surface area contributed by atoms with Crippen LogP contribution in [-0.2, 0) is 6.40 Å². The molecule has 2 aromatic rings. The van der Waals surface area contributed by atoms with E-state index in [2.05, 4.69) is 9.97 Å². The number of para-hydroxylation sites is 1. The van der Waals surface area contributed by atoms with Gasteiger partial charge in [0.15, 0.2) is 0 Å². The number of rotatable bonds is 2. The van der Waals surface area contributed by atoms with E-state index in [0.717, 1.165) is 0 Å². The van der Waals surface area contributed by atoms with Gasteiger partial charge in [-0.05, 0) is 18.6 Å². The number of aryl methyl sites for hydroxylation is 1. The van der Waals surface area contributed by atoms with E-state index in [-0.39, 0.29) is 5.56 Å². The number of nitrogens with zero attached hydrogens (tertiary/aromatic N) is 1. The lowest BCUT2D eigenvalue weighted by molar-refractivity contribution is 0.837. The molecule has 0 radical (unpaired) electrons. The SMILES string of the molecule is [2H]C(CC)c1nc2ccccc2c(=O)[nH]1. The molecule has 2 rings (SSSR count). The molecule has 0 aliphatic carbocycles. The lowest BCUT2D eigenvalue weighted by Gasteiger charge is -2.00. The Balaban J connectivity index is 2.67. The Kier molecular flexibility index (Phi) is 2.00. The third kappa shape index (κ3) is 1.53. The number of nitrogens with one attached hydrogen (secondary N) is 1. The van der Waals surface area contributed by atoms with Gasteiger partial charge in [-0.3, -0.25) is 4.79 Å². The number of H-pyrrole nitrogens is 1. The molecular formula is C11H12N2O. The summed E-state index contributed by atoms with van der Waals surface area (Å²) >= 11 is 0. The Morgan fingerprint density at radius 2 is 2.29 bits per heavy atom. The Morgan fingerprint density at radius 1 is 1.50 bits per heavy atom. The molecule has 0 fully saturated rings. The summed E-state index contributed by atoms with van der Waals surface area (Å²) in [5, 5.41) is 0.574. The van der Waals surface area contributed by atoms with Gasteiger partial charge in [-0.2, -0.15) is 0 Å². The van der Waals surface area contributed by atoms with Crippen LogP contribution in [0.5, 0.6) is 0 Å². The van der Waals surface area contributed by atoms with Crippen LogP contribution in [0.25, 0.3) is 10.9 Å². The number of aromatic amines is 1. The van der Waals surface area contributed by atoms with E-state index in [4.69, 9.17) is 1.37 Å². The average Bonchev–Trinajstić information content (AvgIpc) is 2.28. The van der Waals surface area contributed by atoms with E-state index in [9.17, 15) is 4.79 Å².